The Hall–Kier alpha value is -1.16. The summed E-state index contributed by atoms with van der Waals surface area (Å²) in [6.07, 6.45) is 5.66. The Balaban J connectivity index is 1.92. The van der Waals surface area contributed by atoms with Crippen molar-refractivity contribution >= 4 is 17.9 Å². The summed E-state index contributed by atoms with van der Waals surface area (Å²) in [5.41, 5.74) is -0.275. The number of aldehydes is 1. The molecule has 1 saturated carbocycles. The number of ether oxygens (including phenoxy) is 1. The van der Waals surface area contributed by atoms with Gasteiger partial charge in [-0.05, 0) is 12.8 Å². The highest BCUT2D eigenvalue weighted by molar-refractivity contribution is 6.30. The fraction of sp³-hybridized carbons (Fsp3) is 0.444. The van der Waals surface area contributed by atoms with Gasteiger partial charge in [0, 0.05) is 0 Å². The summed E-state index contributed by atoms with van der Waals surface area (Å²) in [5, 5.41) is 0.467. The minimum absolute atomic E-state index is 0.266. The van der Waals surface area contributed by atoms with E-state index in [0.717, 1.165) is 19.1 Å². The molecule has 4 nitrogen and oxygen atoms in total. The number of carbonyl (C=O) groups excluding carboxylic acids is 1. The van der Waals surface area contributed by atoms with E-state index in [0.29, 0.717) is 11.6 Å². The van der Waals surface area contributed by atoms with Gasteiger partial charge in [0.05, 0.1) is 22.8 Å². The average Bonchev–Trinajstić information content (AvgIpc) is 2.98. The second kappa shape index (κ2) is 3.53. The molecule has 0 unspecified atom stereocenters. The summed E-state index contributed by atoms with van der Waals surface area (Å²) < 4.78 is 5.27. The van der Waals surface area contributed by atoms with Gasteiger partial charge in [0.15, 0.2) is 0 Å². The molecule has 0 N–H and O–H groups in total. The molecule has 14 heavy (non-hydrogen) atoms. The van der Waals surface area contributed by atoms with Crippen LogP contribution >= 0.6 is 11.6 Å². The molecular weight excluding hydrogens is 204 g/mol. The molecule has 0 aliphatic heterocycles. The third kappa shape index (κ3) is 2.01. The van der Waals surface area contributed by atoms with Gasteiger partial charge in [-0.3, -0.25) is 0 Å². The van der Waals surface area contributed by atoms with Gasteiger partial charge >= 0.3 is 6.01 Å². The SMILES string of the molecule is O=CC1(COc2ncc(Cl)cn2)CC1. The van der Waals surface area contributed by atoms with Crippen molar-refractivity contribution in [3.05, 3.63) is 17.4 Å². The number of aromatic nitrogens is 2. The lowest BCUT2D eigenvalue weighted by Gasteiger charge is -2.07. The third-order valence-electron chi connectivity index (χ3n) is 2.23. The zero-order chi connectivity index (χ0) is 10.0. The summed E-state index contributed by atoms with van der Waals surface area (Å²) in [6, 6.07) is 0.266. The molecule has 0 atom stereocenters. The summed E-state index contributed by atoms with van der Waals surface area (Å²) in [7, 11) is 0. The van der Waals surface area contributed by atoms with Gasteiger partial charge < -0.3 is 9.53 Å². The van der Waals surface area contributed by atoms with Crippen molar-refractivity contribution in [2.75, 3.05) is 6.61 Å². The zero-order valence-electron chi connectivity index (χ0n) is 7.44. The van der Waals surface area contributed by atoms with Crippen LogP contribution in [0.25, 0.3) is 0 Å². The highest BCUT2D eigenvalue weighted by Gasteiger charge is 2.43. The van der Waals surface area contributed by atoms with Crippen LogP contribution < -0.4 is 4.74 Å². The molecule has 0 aromatic carbocycles. The van der Waals surface area contributed by atoms with Crippen LogP contribution in [0.1, 0.15) is 12.8 Å². The van der Waals surface area contributed by atoms with Gasteiger partial charge in [0.1, 0.15) is 12.9 Å². The van der Waals surface area contributed by atoms with Gasteiger partial charge in [0.2, 0.25) is 0 Å². The summed E-state index contributed by atoms with van der Waals surface area (Å²) in [5.74, 6) is 0. The molecule has 1 heterocycles. The molecule has 1 aromatic rings. The standard InChI is InChI=1S/C9H9ClN2O2/c10-7-3-11-8(12-4-7)14-6-9(5-13)1-2-9/h3-5H,1-2,6H2. The van der Waals surface area contributed by atoms with E-state index in [1.165, 1.54) is 12.4 Å². The van der Waals surface area contributed by atoms with Crippen molar-refractivity contribution in [2.45, 2.75) is 12.8 Å². The van der Waals surface area contributed by atoms with Crippen LogP contribution in [0.15, 0.2) is 12.4 Å². The molecule has 1 aliphatic carbocycles. The van der Waals surface area contributed by atoms with Crippen LogP contribution in [0, 0.1) is 5.41 Å². The van der Waals surface area contributed by atoms with Crippen molar-refractivity contribution in [2.24, 2.45) is 5.41 Å². The number of halogens is 1. The van der Waals surface area contributed by atoms with Gasteiger partial charge in [-0.2, -0.15) is 0 Å². The maximum absolute atomic E-state index is 10.6. The molecule has 0 spiro atoms. The van der Waals surface area contributed by atoms with Crippen LogP contribution in [0.3, 0.4) is 0 Å². The summed E-state index contributed by atoms with van der Waals surface area (Å²) >= 11 is 5.60. The Labute approximate surface area is 86.3 Å². The van der Waals surface area contributed by atoms with E-state index in [4.69, 9.17) is 16.3 Å². The van der Waals surface area contributed by atoms with E-state index >= 15 is 0 Å². The van der Waals surface area contributed by atoms with Crippen LogP contribution in [0.4, 0.5) is 0 Å². The molecule has 1 fully saturated rings. The second-order valence-electron chi connectivity index (χ2n) is 3.45. The molecule has 0 saturated heterocycles. The normalized spacial score (nSPS) is 17.5. The maximum Gasteiger partial charge on any atom is 0.316 e. The Morgan fingerprint density at radius 1 is 1.50 bits per heavy atom. The van der Waals surface area contributed by atoms with Crippen molar-refractivity contribution in [1.29, 1.82) is 0 Å². The van der Waals surface area contributed by atoms with E-state index < -0.39 is 0 Å². The highest BCUT2D eigenvalue weighted by Crippen LogP contribution is 2.43. The number of hydrogen-bond donors (Lipinski definition) is 0. The van der Waals surface area contributed by atoms with E-state index in [9.17, 15) is 4.79 Å². The molecule has 5 heteroatoms. The largest absolute Gasteiger partial charge is 0.462 e. The summed E-state index contributed by atoms with van der Waals surface area (Å²) in [4.78, 5) is 18.3. The van der Waals surface area contributed by atoms with Crippen LogP contribution in [0.5, 0.6) is 6.01 Å². The lowest BCUT2D eigenvalue weighted by molar-refractivity contribution is -0.113. The van der Waals surface area contributed by atoms with Crippen LogP contribution in [0.2, 0.25) is 5.02 Å². The van der Waals surface area contributed by atoms with Crippen molar-refractivity contribution in [3.63, 3.8) is 0 Å². The van der Waals surface area contributed by atoms with Gasteiger partial charge in [-0.25, -0.2) is 9.97 Å². The van der Waals surface area contributed by atoms with Crippen molar-refractivity contribution in [3.8, 4) is 6.01 Å². The molecule has 2 rings (SSSR count). The number of nitrogens with zero attached hydrogens (tertiary/aromatic N) is 2. The fourth-order valence-electron chi connectivity index (χ4n) is 1.04. The predicted molar refractivity (Wildman–Crippen MR) is 50.3 cm³/mol. The van der Waals surface area contributed by atoms with E-state index in [2.05, 4.69) is 9.97 Å². The molecule has 1 aromatic heterocycles. The van der Waals surface area contributed by atoms with Crippen LogP contribution in [-0.4, -0.2) is 22.9 Å². The number of carbonyl (C=O) groups is 1. The third-order valence-corrected chi connectivity index (χ3v) is 2.42. The quantitative estimate of drug-likeness (QED) is 0.710. The number of rotatable bonds is 4. The Bertz CT molecular complexity index is 335. The van der Waals surface area contributed by atoms with E-state index in [-0.39, 0.29) is 11.4 Å². The topological polar surface area (TPSA) is 52.1 Å². The maximum atomic E-state index is 10.6. The molecule has 74 valence electrons. The minimum atomic E-state index is -0.275. The monoisotopic (exact) mass is 212 g/mol. The predicted octanol–water partition coefficient (Wildman–Crippen LogP) is 1.49. The number of hydrogen-bond acceptors (Lipinski definition) is 4. The molecule has 1 aliphatic rings. The summed E-state index contributed by atoms with van der Waals surface area (Å²) in [6.45, 7) is 0.359. The van der Waals surface area contributed by atoms with Crippen LogP contribution in [-0.2, 0) is 4.79 Å². The first-order valence-electron chi connectivity index (χ1n) is 4.31. The van der Waals surface area contributed by atoms with Gasteiger partial charge in [0.25, 0.3) is 0 Å². The van der Waals surface area contributed by atoms with Crippen molar-refractivity contribution < 1.29 is 9.53 Å². The van der Waals surface area contributed by atoms with E-state index in [1.54, 1.807) is 0 Å². The lowest BCUT2D eigenvalue weighted by Crippen LogP contribution is -2.15. The fourth-order valence-corrected chi connectivity index (χ4v) is 1.14. The Morgan fingerprint density at radius 2 is 2.14 bits per heavy atom. The first-order valence-corrected chi connectivity index (χ1v) is 4.69. The molecule has 0 radical (unpaired) electrons. The zero-order valence-corrected chi connectivity index (χ0v) is 8.20. The van der Waals surface area contributed by atoms with E-state index in [1.807, 2.05) is 0 Å². The van der Waals surface area contributed by atoms with Crippen molar-refractivity contribution in [1.82, 2.24) is 9.97 Å². The molecule has 0 bridgehead atoms. The first kappa shape index (κ1) is 9.40. The highest BCUT2D eigenvalue weighted by atomic mass is 35.5. The van der Waals surface area contributed by atoms with Gasteiger partial charge in [-0.15, -0.1) is 0 Å². The smallest absolute Gasteiger partial charge is 0.316 e. The molecule has 0 amide bonds. The Kier molecular flexibility index (Phi) is 2.37. The second-order valence-corrected chi connectivity index (χ2v) is 3.89. The minimum Gasteiger partial charge on any atom is -0.462 e. The lowest BCUT2D eigenvalue weighted by atomic mass is 10.2. The Morgan fingerprint density at radius 3 is 2.64 bits per heavy atom. The molecular formula is C9H9ClN2O2. The van der Waals surface area contributed by atoms with Gasteiger partial charge in [-0.1, -0.05) is 11.6 Å². The first-order chi connectivity index (χ1) is 6.74. The average molecular weight is 213 g/mol.